The van der Waals surface area contributed by atoms with Crippen molar-refractivity contribution in [1.82, 2.24) is 19.6 Å². The first-order valence-electron chi connectivity index (χ1n) is 12.0. The Bertz CT molecular complexity index is 1040. The average molecular weight is 512 g/mol. The molecule has 0 saturated heterocycles. The molecule has 33 heavy (non-hydrogen) atoms. The molecule has 2 heterocycles. The van der Waals surface area contributed by atoms with Crippen molar-refractivity contribution in [1.29, 1.82) is 0 Å². The van der Waals surface area contributed by atoms with Crippen LogP contribution in [0.5, 0.6) is 0 Å². The second-order valence-corrected chi connectivity index (χ2v) is 12.4. The number of nitrogens with one attached hydrogen (secondary N) is 1. The lowest BCUT2D eigenvalue weighted by atomic mass is 9.84. The molecule has 7 nitrogen and oxygen atoms in total. The molecule has 1 fully saturated rings. The Morgan fingerprint density at radius 3 is 2.76 bits per heavy atom. The summed E-state index contributed by atoms with van der Waals surface area (Å²) in [4.78, 5) is 12.5. The maximum atomic E-state index is 12.7. The van der Waals surface area contributed by atoms with Crippen LogP contribution in [-0.2, 0) is 22.9 Å². The molecule has 2 aliphatic rings. The van der Waals surface area contributed by atoms with E-state index in [1.807, 2.05) is 0 Å². The Labute approximate surface area is 206 Å². The molecule has 4 rings (SSSR count). The number of nitrogens with zero attached hydrogens (tertiary/aromatic N) is 3. The van der Waals surface area contributed by atoms with Crippen molar-refractivity contribution in [3.8, 4) is 0 Å². The topological polar surface area (TPSA) is 101 Å². The van der Waals surface area contributed by atoms with Crippen LogP contribution in [0.15, 0.2) is 23.2 Å². The smallest absolute Gasteiger partial charge is 0.243 e. The van der Waals surface area contributed by atoms with Gasteiger partial charge in [0.2, 0.25) is 10.0 Å². The quantitative estimate of drug-likeness (QED) is 0.487. The van der Waals surface area contributed by atoms with E-state index in [0.29, 0.717) is 17.1 Å². The highest BCUT2D eigenvalue weighted by atomic mass is 35.5. The minimum Gasteiger partial charge on any atom is -0.375 e. The predicted octanol–water partition coefficient (Wildman–Crippen LogP) is 4.27. The second kappa shape index (κ2) is 11.0. The number of hydrogen-bond donors (Lipinski definition) is 2. The maximum Gasteiger partial charge on any atom is 0.243 e. The van der Waals surface area contributed by atoms with Gasteiger partial charge in [0.25, 0.3) is 0 Å². The summed E-state index contributed by atoms with van der Waals surface area (Å²) in [5.74, 6) is 0.644. The number of pyridine rings is 1. The van der Waals surface area contributed by atoms with Crippen molar-refractivity contribution in [3.05, 3.63) is 34.1 Å². The zero-order chi connectivity index (χ0) is 23.4. The van der Waals surface area contributed by atoms with Crippen LogP contribution >= 0.6 is 22.9 Å². The third-order valence-electron chi connectivity index (χ3n) is 6.96. The van der Waals surface area contributed by atoms with Gasteiger partial charge in [0.05, 0.1) is 5.69 Å². The first-order valence-corrected chi connectivity index (χ1v) is 14.6. The van der Waals surface area contributed by atoms with Gasteiger partial charge in [0.1, 0.15) is 10.0 Å². The number of aromatic nitrogens is 2. The van der Waals surface area contributed by atoms with E-state index in [2.05, 4.69) is 26.5 Å². The molecular weight excluding hydrogens is 478 g/mol. The van der Waals surface area contributed by atoms with Gasteiger partial charge in [0, 0.05) is 23.2 Å². The van der Waals surface area contributed by atoms with Crippen molar-refractivity contribution in [2.45, 2.75) is 81.7 Å². The van der Waals surface area contributed by atoms with Crippen molar-refractivity contribution in [2.24, 2.45) is 5.92 Å². The predicted molar refractivity (Wildman–Crippen MR) is 134 cm³/mol. The van der Waals surface area contributed by atoms with Crippen molar-refractivity contribution in [2.75, 3.05) is 18.8 Å². The number of thiazole rings is 1. The van der Waals surface area contributed by atoms with E-state index in [1.54, 1.807) is 17.4 Å². The molecule has 10 heteroatoms. The number of nitrogens with two attached hydrogens (primary N) is 1. The fourth-order valence-electron chi connectivity index (χ4n) is 5.23. The monoisotopic (exact) mass is 511 g/mol. The van der Waals surface area contributed by atoms with Gasteiger partial charge in [-0.15, -0.1) is 11.3 Å². The number of rotatable bonds is 9. The van der Waals surface area contributed by atoms with E-state index in [-0.39, 0.29) is 16.1 Å². The van der Waals surface area contributed by atoms with Crippen LogP contribution in [0.25, 0.3) is 0 Å². The number of hydrogen-bond acceptors (Lipinski definition) is 7. The minimum atomic E-state index is -3.64. The summed E-state index contributed by atoms with van der Waals surface area (Å²) in [5.41, 5.74) is 7.13. The third kappa shape index (κ3) is 6.25. The van der Waals surface area contributed by atoms with Gasteiger partial charge in [-0.3, -0.25) is 0 Å². The van der Waals surface area contributed by atoms with Crippen molar-refractivity contribution >= 4 is 38.1 Å². The number of sulfonamides is 1. The highest BCUT2D eigenvalue weighted by Crippen LogP contribution is 2.32. The molecule has 182 valence electrons. The molecule has 0 aromatic carbocycles. The summed E-state index contributed by atoms with van der Waals surface area (Å²) >= 11 is 7.65. The summed E-state index contributed by atoms with van der Waals surface area (Å²) in [6.45, 7) is 4.47. The highest BCUT2D eigenvalue weighted by molar-refractivity contribution is 7.89. The first kappa shape index (κ1) is 24.9. The summed E-state index contributed by atoms with van der Waals surface area (Å²) in [6, 6.07) is 3.63. The van der Waals surface area contributed by atoms with Gasteiger partial charge < -0.3 is 10.6 Å². The zero-order valence-corrected chi connectivity index (χ0v) is 21.6. The Morgan fingerprint density at radius 1 is 1.24 bits per heavy atom. The fourth-order valence-corrected chi connectivity index (χ4v) is 7.93. The lowest BCUT2D eigenvalue weighted by Crippen LogP contribution is -2.41. The Hall–Kier alpha value is -1.26. The highest BCUT2D eigenvalue weighted by Gasteiger charge is 2.29. The molecular formula is C23H34ClN5O2S2. The van der Waals surface area contributed by atoms with Gasteiger partial charge in [0.15, 0.2) is 5.13 Å². The number of halogens is 1. The maximum absolute atomic E-state index is 12.7. The van der Waals surface area contributed by atoms with Gasteiger partial charge in [-0.2, -0.15) is 0 Å². The molecule has 2 aromatic rings. The van der Waals surface area contributed by atoms with Crippen LogP contribution in [0.4, 0.5) is 5.13 Å². The summed E-state index contributed by atoms with van der Waals surface area (Å²) < 4.78 is 28.2. The molecule has 0 aliphatic heterocycles. The Balaban J connectivity index is 1.26. The average Bonchev–Trinajstić information content (AvgIpc) is 3.17. The van der Waals surface area contributed by atoms with Crippen molar-refractivity contribution < 1.29 is 8.42 Å². The van der Waals surface area contributed by atoms with Crippen LogP contribution < -0.4 is 10.5 Å². The van der Waals surface area contributed by atoms with E-state index in [1.165, 1.54) is 29.3 Å². The van der Waals surface area contributed by atoms with E-state index in [9.17, 15) is 8.42 Å². The second-order valence-electron chi connectivity index (χ2n) is 9.27. The van der Waals surface area contributed by atoms with E-state index in [4.69, 9.17) is 17.3 Å². The molecule has 0 bridgehead atoms. The third-order valence-corrected chi connectivity index (χ3v) is 9.88. The van der Waals surface area contributed by atoms with E-state index in [0.717, 1.165) is 64.5 Å². The van der Waals surface area contributed by atoms with Gasteiger partial charge in [-0.25, -0.2) is 23.1 Å². The fraction of sp³-hybridized carbons (Fsp3) is 0.652. The summed E-state index contributed by atoms with van der Waals surface area (Å²) in [6.07, 6.45) is 10.9. The SMILES string of the molecule is CCCN(CCC1CCC(NS(=O)(=O)c2cccnc2Cl)CC1)C1CCc2nc(N)sc2C1. The van der Waals surface area contributed by atoms with Crippen LogP contribution in [-0.4, -0.2) is 48.5 Å². The van der Waals surface area contributed by atoms with Gasteiger partial charge in [-0.1, -0.05) is 18.5 Å². The number of aryl methyl sites for hydroxylation is 1. The molecule has 1 unspecified atom stereocenters. The lowest BCUT2D eigenvalue weighted by Gasteiger charge is -2.36. The van der Waals surface area contributed by atoms with E-state index < -0.39 is 10.0 Å². The number of fused-ring (bicyclic) bond motifs is 1. The largest absolute Gasteiger partial charge is 0.375 e. The van der Waals surface area contributed by atoms with Crippen LogP contribution in [0, 0.1) is 5.92 Å². The molecule has 0 spiro atoms. The van der Waals surface area contributed by atoms with Crippen LogP contribution in [0.1, 0.15) is 62.4 Å². The van der Waals surface area contributed by atoms with Gasteiger partial charge >= 0.3 is 0 Å². The molecule has 0 radical (unpaired) electrons. The zero-order valence-electron chi connectivity index (χ0n) is 19.2. The van der Waals surface area contributed by atoms with Crippen LogP contribution in [0.2, 0.25) is 5.15 Å². The molecule has 2 aliphatic carbocycles. The number of anilines is 1. The Morgan fingerprint density at radius 2 is 2.03 bits per heavy atom. The molecule has 2 aromatic heterocycles. The molecule has 3 N–H and O–H groups in total. The Kier molecular flexibility index (Phi) is 8.28. The summed E-state index contributed by atoms with van der Waals surface area (Å²) in [7, 11) is -3.64. The molecule has 0 amide bonds. The number of nitrogen functional groups attached to an aromatic ring is 1. The molecule has 1 saturated carbocycles. The standard InChI is InChI=1S/C23H34ClN5O2S2/c1-2-13-29(18-9-10-19-20(15-18)32-23(25)27-19)14-11-16-5-7-17(8-6-16)28-33(30,31)21-4-3-12-26-22(21)24/h3-4,12,16-18,28H,2,5-11,13-15H2,1H3,(H2,25,27). The van der Waals surface area contributed by atoms with Crippen molar-refractivity contribution in [3.63, 3.8) is 0 Å². The van der Waals surface area contributed by atoms with E-state index >= 15 is 0 Å². The molecule has 1 atom stereocenters. The summed E-state index contributed by atoms with van der Waals surface area (Å²) in [5, 5.41) is 0.714. The van der Waals surface area contributed by atoms with Gasteiger partial charge in [-0.05, 0) is 88.9 Å². The minimum absolute atomic E-state index is 0.0190. The first-order chi connectivity index (χ1) is 15.9. The normalized spacial score (nSPS) is 23.5. The van der Waals surface area contributed by atoms with Crippen LogP contribution in [0.3, 0.4) is 0 Å². The lowest BCUT2D eigenvalue weighted by molar-refractivity contribution is 0.158.